The van der Waals surface area contributed by atoms with Crippen LogP contribution in [-0.4, -0.2) is 10.2 Å². The van der Waals surface area contributed by atoms with Gasteiger partial charge in [-0.15, -0.1) is 11.3 Å². The number of nitriles is 1. The van der Waals surface area contributed by atoms with Crippen LogP contribution in [0.15, 0.2) is 47.8 Å². The van der Waals surface area contributed by atoms with E-state index in [2.05, 4.69) is 6.07 Å². The van der Waals surface area contributed by atoms with E-state index in [1.165, 1.54) is 29.5 Å². The Labute approximate surface area is 162 Å². The molecule has 0 aliphatic heterocycles. The molecular formula is C21H12F3NO2S. The van der Waals surface area contributed by atoms with E-state index in [4.69, 9.17) is 0 Å². The molecule has 1 heterocycles. The Morgan fingerprint density at radius 1 is 0.964 bits per heavy atom. The quantitative estimate of drug-likeness (QED) is 0.593. The van der Waals surface area contributed by atoms with Crippen molar-refractivity contribution in [3.63, 3.8) is 0 Å². The molecule has 7 heteroatoms. The normalized spacial score (nSPS) is 13.5. The molecule has 2 N–H and O–H groups in total. The second-order valence-corrected chi connectivity index (χ2v) is 7.29. The number of alkyl halides is 3. The SMILES string of the molecule is N#Cc1sccc1C1=C(c2ccc(O)cc2)Cc2c1cc(O)cc2C(F)(F)F. The number of fused-ring (bicyclic) bond motifs is 1. The highest BCUT2D eigenvalue weighted by Crippen LogP contribution is 2.49. The van der Waals surface area contributed by atoms with E-state index in [0.717, 1.165) is 6.07 Å². The summed E-state index contributed by atoms with van der Waals surface area (Å²) in [6, 6.07) is 12.0. The molecule has 1 aromatic heterocycles. The molecule has 28 heavy (non-hydrogen) atoms. The fraction of sp³-hybridized carbons (Fsp3) is 0.0952. The molecule has 0 atom stereocenters. The van der Waals surface area contributed by atoms with Crippen LogP contribution in [0.5, 0.6) is 11.5 Å². The predicted octanol–water partition coefficient (Wildman–Crippen LogP) is 5.56. The van der Waals surface area contributed by atoms with Crippen LogP contribution < -0.4 is 0 Å². The molecule has 0 unspecified atom stereocenters. The lowest BCUT2D eigenvalue weighted by molar-refractivity contribution is -0.138. The number of allylic oxidation sites excluding steroid dienone is 1. The Balaban J connectivity index is 2.03. The predicted molar refractivity (Wildman–Crippen MR) is 99.9 cm³/mol. The van der Waals surface area contributed by atoms with Crippen molar-refractivity contribution in [1.82, 2.24) is 0 Å². The smallest absolute Gasteiger partial charge is 0.416 e. The summed E-state index contributed by atoms with van der Waals surface area (Å²) in [5.74, 6) is -0.437. The summed E-state index contributed by atoms with van der Waals surface area (Å²) in [5.41, 5.74) is 1.74. The van der Waals surface area contributed by atoms with Gasteiger partial charge < -0.3 is 10.2 Å². The van der Waals surface area contributed by atoms with Gasteiger partial charge in [0.15, 0.2) is 0 Å². The summed E-state index contributed by atoms with van der Waals surface area (Å²) in [6.07, 6.45) is -4.61. The van der Waals surface area contributed by atoms with Crippen LogP contribution >= 0.6 is 11.3 Å². The van der Waals surface area contributed by atoms with Crippen molar-refractivity contribution in [1.29, 1.82) is 5.26 Å². The van der Waals surface area contributed by atoms with Crippen molar-refractivity contribution in [2.75, 3.05) is 0 Å². The summed E-state index contributed by atoms with van der Waals surface area (Å²) in [7, 11) is 0. The highest BCUT2D eigenvalue weighted by atomic mass is 32.1. The number of thiophene rings is 1. The van der Waals surface area contributed by atoms with Crippen LogP contribution in [0, 0.1) is 11.3 Å². The van der Waals surface area contributed by atoms with Crippen molar-refractivity contribution in [2.24, 2.45) is 0 Å². The van der Waals surface area contributed by atoms with Gasteiger partial charge in [0.25, 0.3) is 0 Å². The van der Waals surface area contributed by atoms with Gasteiger partial charge in [-0.2, -0.15) is 18.4 Å². The molecule has 1 aliphatic carbocycles. The zero-order chi connectivity index (χ0) is 20.1. The van der Waals surface area contributed by atoms with Crippen LogP contribution in [-0.2, 0) is 12.6 Å². The Bertz CT molecular complexity index is 1150. The monoisotopic (exact) mass is 399 g/mol. The van der Waals surface area contributed by atoms with Crippen LogP contribution in [0.25, 0.3) is 11.1 Å². The second kappa shape index (κ2) is 6.43. The van der Waals surface area contributed by atoms with Gasteiger partial charge in [-0.25, -0.2) is 0 Å². The molecule has 3 nitrogen and oxygen atoms in total. The molecule has 4 rings (SSSR count). The first kappa shape index (κ1) is 18.1. The standard InChI is InChI=1S/C21H12F3NO2S/c22-21(23,24)18-8-13(27)7-17-16(18)9-15(11-1-3-12(26)4-2-11)20(17)14-5-6-28-19(14)10-25/h1-8,26-27H,9H2. The van der Waals surface area contributed by atoms with E-state index in [0.29, 0.717) is 27.2 Å². The minimum Gasteiger partial charge on any atom is -0.508 e. The molecule has 3 aromatic rings. The third kappa shape index (κ3) is 2.92. The molecule has 0 saturated heterocycles. The third-order valence-corrected chi connectivity index (χ3v) is 5.54. The molecule has 0 fully saturated rings. The largest absolute Gasteiger partial charge is 0.508 e. The minimum atomic E-state index is -4.62. The maximum atomic E-state index is 13.6. The van der Waals surface area contributed by atoms with E-state index >= 15 is 0 Å². The second-order valence-electron chi connectivity index (χ2n) is 6.37. The lowest BCUT2D eigenvalue weighted by atomic mass is 9.94. The summed E-state index contributed by atoms with van der Waals surface area (Å²) < 4.78 is 40.8. The first-order valence-electron chi connectivity index (χ1n) is 8.23. The Kier molecular flexibility index (Phi) is 4.16. The maximum absolute atomic E-state index is 13.6. The number of rotatable bonds is 2. The number of nitrogens with zero attached hydrogens (tertiary/aromatic N) is 1. The van der Waals surface area contributed by atoms with Crippen LogP contribution in [0.2, 0.25) is 0 Å². The Morgan fingerprint density at radius 3 is 2.32 bits per heavy atom. The van der Waals surface area contributed by atoms with Gasteiger partial charge >= 0.3 is 6.18 Å². The molecule has 0 radical (unpaired) electrons. The van der Waals surface area contributed by atoms with Crippen LogP contribution in [0.3, 0.4) is 0 Å². The summed E-state index contributed by atoms with van der Waals surface area (Å²) in [6.45, 7) is 0. The van der Waals surface area contributed by atoms with Gasteiger partial charge in [0, 0.05) is 5.56 Å². The van der Waals surface area contributed by atoms with E-state index in [1.807, 2.05) is 0 Å². The number of aromatic hydroxyl groups is 2. The van der Waals surface area contributed by atoms with Gasteiger partial charge in [0.2, 0.25) is 0 Å². The van der Waals surface area contributed by atoms with Gasteiger partial charge in [-0.3, -0.25) is 0 Å². The average molecular weight is 399 g/mol. The molecule has 0 saturated carbocycles. The number of hydrogen-bond acceptors (Lipinski definition) is 4. The maximum Gasteiger partial charge on any atom is 0.416 e. The number of phenolic OH excluding ortho intramolecular Hbond substituents is 2. The van der Waals surface area contributed by atoms with Gasteiger partial charge in [0.1, 0.15) is 22.4 Å². The molecule has 0 bridgehead atoms. The van der Waals surface area contributed by atoms with Crippen molar-refractivity contribution in [3.05, 3.63) is 80.5 Å². The van der Waals surface area contributed by atoms with Crippen molar-refractivity contribution < 1.29 is 23.4 Å². The summed E-state index contributed by atoms with van der Waals surface area (Å²) in [4.78, 5) is 0.385. The van der Waals surface area contributed by atoms with E-state index in [1.54, 1.807) is 23.6 Å². The first-order chi connectivity index (χ1) is 13.3. The van der Waals surface area contributed by atoms with Crippen molar-refractivity contribution >= 4 is 22.5 Å². The molecule has 0 spiro atoms. The Hall–Kier alpha value is -3.24. The van der Waals surface area contributed by atoms with Crippen molar-refractivity contribution in [3.8, 4) is 17.6 Å². The first-order valence-corrected chi connectivity index (χ1v) is 9.11. The molecule has 0 amide bonds. The average Bonchev–Trinajstić information content (AvgIpc) is 3.24. The summed E-state index contributed by atoms with van der Waals surface area (Å²) in [5, 5.41) is 30.6. The van der Waals surface area contributed by atoms with E-state index in [-0.39, 0.29) is 23.3 Å². The van der Waals surface area contributed by atoms with Crippen molar-refractivity contribution in [2.45, 2.75) is 12.6 Å². The van der Waals surface area contributed by atoms with E-state index < -0.39 is 17.5 Å². The Morgan fingerprint density at radius 2 is 1.68 bits per heavy atom. The highest BCUT2D eigenvalue weighted by molar-refractivity contribution is 7.10. The van der Waals surface area contributed by atoms with Crippen LogP contribution in [0.1, 0.15) is 32.7 Å². The summed E-state index contributed by atoms with van der Waals surface area (Å²) >= 11 is 1.20. The number of benzene rings is 2. The zero-order valence-electron chi connectivity index (χ0n) is 14.2. The third-order valence-electron chi connectivity index (χ3n) is 4.72. The zero-order valence-corrected chi connectivity index (χ0v) is 15.0. The van der Waals surface area contributed by atoms with Gasteiger partial charge in [0.05, 0.1) is 5.56 Å². The molecule has 140 valence electrons. The lowest BCUT2D eigenvalue weighted by Gasteiger charge is -2.14. The van der Waals surface area contributed by atoms with E-state index in [9.17, 15) is 28.6 Å². The number of hydrogen-bond donors (Lipinski definition) is 2. The topological polar surface area (TPSA) is 64.2 Å². The number of phenols is 2. The fourth-order valence-corrected chi connectivity index (χ4v) is 4.25. The molecule has 1 aliphatic rings. The van der Waals surface area contributed by atoms with Gasteiger partial charge in [-0.05, 0) is 70.0 Å². The van der Waals surface area contributed by atoms with Crippen LogP contribution in [0.4, 0.5) is 13.2 Å². The minimum absolute atomic E-state index is 0.00524. The molecular weight excluding hydrogens is 387 g/mol. The number of halogens is 3. The van der Waals surface area contributed by atoms with Gasteiger partial charge in [-0.1, -0.05) is 12.1 Å². The molecule has 2 aromatic carbocycles. The highest BCUT2D eigenvalue weighted by Gasteiger charge is 2.38. The lowest BCUT2D eigenvalue weighted by Crippen LogP contribution is -2.09. The fourth-order valence-electron chi connectivity index (χ4n) is 3.56.